The smallest absolute Gasteiger partial charge is 0.368 e. The third-order valence-electron chi connectivity index (χ3n) is 5.62. The average molecular weight is 392 g/mol. The summed E-state index contributed by atoms with van der Waals surface area (Å²) in [7, 11) is 0. The average Bonchev–Trinajstić information content (AvgIpc) is 2.68. The Morgan fingerprint density at radius 2 is 1.82 bits per heavy atom. The highest BCUT2D eigenvalue weighted by Gasteiger charge is 2.41. The lowest BCUT2D eigenvalue weighted by molar-refractivity contribution is -0.137. The lowest BCUT2D eigenvalue weighted by Crippen LogP contribution is -2.52. The van der Waals surface area contributed by atoms with E-state index in [1.165, 1.54) is 36.4 Å². The summed E-state index contributed by atoms with van der Waals surface area (Å²) < 4.78 is 52.5. The Morgan fingerprint density at radius 3 is 2.54 bits per heavy atom. The third-order valence-corrected chi connectivity index (χ3v) is 5.62. The number of nitrogens with one attached hydrogen (secondary N) is 1. The molecule has 2 aliphatic heterocycles. The van der Waals surface area contributed by atoms with Crippen LogP contribution in [-0.2, 0) is 17.4 Å². The van der Waals surface area contributed by atoms with E-state index in [0.29, 0.717) is 11.3 Å². The number of amides is 1. The Kier molecular flexibility index (Phi) is 4.77. The van der Waals surface area contributed by atoms with E-state index < -0.39 is 23.5 Å². The maximum atomic E-state index is 13.1. The van der Waals surface area contributed by atoms with Gasteiger partial charge in [-0.3, -0.25) is 4.79 Å². The molecule has 2 unspecified atom stereocenters. The summed E-state index contributed by atoms with van der Waals surface area (Å²) in [5.41, 5.74) is 1.12. The van der Waals surface area contributed by atoms with Crippen LogP contribution in [0, 0.1) is 11.7 Å². The van der Waals surface area contributed by atoms with Gasteiger partial charge in [0.2, 0.25) is 5.91 Å². The zero-order valence-electron chi connectivity index (χ0n) is 15.1. The molecule has 2 atom stereocenters. The molecule has 4 rings (SSSR count). The van der Waals surface area contributed by atoms with Gasteiger partial charge in [0, 0.05) is 24.0 Å². The van der Waals surface area contributed by atoms with Gasteiger partial charge in [-0.1, -0.05) is 0 Å². The second kappa shape index (κ2) is 7.11. The summed E-state index contributed by atoms with van der Waals surface area (Å²) in [5, 5.41) is 2.79. The van der Waals surface area contributed by atoms with E-state index in [9.17, 15) is 22.4 Å². The number of alkyl halides is 3. The zero-order chi connectivity index (χ0) is 19.9. The predicted octanol–water partition coefficient (Wildman–Crippen LogP) is 5.01. The molecule has 0 saturated carbocycles. The molecule has 1 N–H and O–H groups in total. The summed E-state index contributed by atoms with van der Waals surface area (Å²) in [6, 6.07) is 9.24. The predicted molar refractivity (Wildman–Crippen MR) is 98.7 cm³/mol. The van der Waals surface area contributed by atoms with E-state index in [1.54, 1.807) is 0 Å². The molecule has 1 fully saturated rings. The van der Waals surface area contributed by atoms with Crippen LogP contribution in [0.5, 0.6) is 0 Å². The fourth-order valence-electron chi connectivity index (χ4n) is 4.29. The van der Waals surface area contributed by atoms with Gasteiger partial charge < -0.3 is 10.2 Å². The molecule has 2 aromatic rings. The van der Waals surface area contributed by atoms with Crippen molar-refractivity contribution in [2.75, 3.05) is 16.8 Å². The molecule has 28 heavy (non-hydrogen) atoms. The molecule has 7 heteroatoms. The number of carbonyl (C=O) groups excluding carboxylic acids is 1. The van der Waals surface area contributed by atoms with Crippen molar-refractivity contribution in [3.63, 3.8) is 0 Å². The number of rotatable bonds is 2. The van der Waals surface area contributed by atoms with Crippen molar-refractivity contribution in [1.82, 2.24) is 0 Å². The SMILES string of the molecule is O=C(Nc1ccc(F)cc1)C1Cc2cc(C(F)(F)F)ccc2N2CCCCC12. The Bertz CT molecular complexity index is 879. The maximum Gasteiger partial charge on any atom is 0.416 e. The number of piperidine rings is 1. The first-order valence-electron chi connectivity index (χ1n) is 9.36. The maximum absolute atomic E-state index is 13.1. The molecule has 1 amide bonds. The Hall–Kier alpha value is -2.57. The van der Waals surface area contributed by atoms with Crippen LogP contribution in [0.25, 0.3) is 0 Å². The molecule has 3 nitrogen and oxygen atoms in total. The molecular weight excluding hydrogens is 372 g/mol. The highest BCUT2D eigenvalue weighted by molar-refractivity contribution is 5.94. The molecule has 0 bridgehead atoms. The molecule has 1 saturated heterocycles. The van der Waals surface area contributed by atoms with E-state index in [0.717, 1.165) is 37.6 Å². The quantitative estimate of drug-likeness (QED) is 0.729. The molecule has 0 spiro atoms. The van der Waals surface area contributed by atoms with Crippen LogP contribution in [0.2, 0.25) is 0 Å². The number of anilines is 2. The third kappa shape index (κ3) is 3.57. The van der Waals surface area contributed by atoms with Gasteiger partial charge in [0.15, 0.2) is 0 Å². The van der Waals surface area contributed by atoms with Crippen LogP contribution in [0.3, 0.4) is 0 Å². The first-order chi connectivity index (χ1) is 13.3. The van der Waals surface area contributed by atoms with Gasteiger partial charge in [-0.2, -0.15) is 13.2 Å². The fourth-order valence-corrected chi connectivity index (χ4v) is 4.29. The van der Waals surface area contributed by atoms with Crippen LogP contribution in [0.15, 0.2) is 42.5 Å². The minimum absolute atomic E-state index is 0.0431. The van der Waals surface area contributed by atoms with Gasteiger partial charge in [-0.25, -0.2) is 4.39 Å². The van der Waals surface area contributed by atoms with E-state index in [-0.39, 0.29) is 18.4 Å². The molecule has 2 aliphatic rings. The Morgan fingerprint density at radius 1 is 1.07 bits per heavy atom. The lowest BCUT2D eigenvalue weighted by Gasteiger charge is -2.46. The Labute approximate surface area is 160 Å². The standard InChI is InChI=1S/C21H20F4N2O/c22-15-5-7-16(8-6-15)26-20(28)17-12-13-11-14(21(23,24)25)4-9-18(13)27-10-2-1-3-19(17)27/h4-9,11,17,19H,1-3,10,12H2,(H,26,28). The number of hydrogen-bond donors (Lipinski definition) is 1. The first-order valence-corrected chi connectivity index (χ1v) is 9.36. The highest BCUT2D eigenvalue weighted by Crippen LogP contribution is 2.41. The normalized spacial score (nSPS) is 21.6. The number of carbonyl (C=O) groups is 1. The summed E-state index contributed by atoms with van der Waals surface area (Å²) in [5.74, 6) is -1.10. The number of fused-ring (bicyclic) bond motifs is 3. The number of hydrogen-bond acceptors (Lipinski definition) is 2. The van der Waals surface area contributed by atoms with E-state index in [4.69, 9.17) is 0 Å². The van der Waals surface area contributed by atoms with Gasteiger partial charge >= 0.3 is 6.18 Å². The molecular formula is C21H20F4N2O. The molecule has 2 aromatic carbocycles. The van der Waals surface area contributed by atoms with Crippen molar-refractivity contribution in [2.45, 2.75) is 37.9 Å². The summed E-state index contributed by atoms with van der Waals surface area (Å²) in [6.45, 7) is 0.726. The highest BCUT2D eigenvalue weighted by atomic mass is 19.4. The fraction of sp³-hybridized carbons (Fsp3) is 0.381. The largest absolute Gasteiger partial charge is 0.416 e. The number of nitrogens with zero attached hydrogens (tertiary/aromatic N) is 1. The summed E-state index contributed by atoms with van der Waals surface area (Å²) in [4.78, 5) is 15.0. The van der Waals surface area contributed by atoms with Crippen molar-refractivity contribution in [3.8, 4) is 0 Å². The number of benzene rings is 2. The van der Waals surface area contributed by atoms with Gasteiger partial charge in [-0.05, 0) is 73.7 Å². The monoisotopic (exact) mass is 392 g/mol. The zero-order valence-corrected chi connectivity index (χ0v) is 15.1. The molecule has 2 heterocycles. The lowest BCUT2D eigenvalue weighted by atomic mass is 9.80. The summed E-state index contributed by atoms with van der Waals surface area (Å²) >= 11 is 0. The van der Waals surface area contributed by atoms with Crippen LogP contribution in [0.1, 0.15) is 30.4 Å². The van der Waals surface area contributed by atoms with Crippen molar-refractivity contribution >= 4 is 17.3 Å². The molecule has 0 radical (unpaired) electrons. The summed E-state index contributed by atoms with van der Waals surface area (Å²) in [6.07, 6.45) is -1.41. The van der Waals surface area contributed by atoms with Crippen molar-refractivity contribution in [3.05, 3.63) is 59.4 Å². The van der Waals surface area contributed by atoms with Crippen molar-refractivity contribution in [2.24, 2.45) is 5.92 Å². The van der Waals surface area contributed by atoms with Gasteiger partial charge in [0.05, 0.1) is 11.5 Å². The van der Waals surface area contributed by atoms with Crippen molar-refractivity contribution < 1.29 is 22.4 Å². The minimum atomic E-state index is -4.42. The minimum Gasteiger partial charge on any atom is -0.368 e. The Balaban J connectivity index is 1.64. The second-order valence-electron chi connectivity index (χ2n) is 7.40. The topological polar surface area (TPSA) is 32.3 Å². The molecule has 148 valence electrons. The van der Waals surface area contributed by atoms with Crippen LogP contribution in [0.4, 0.5) is 28.9 Å². The number of halogens is 4. The first kappa shape index (κ1) is 18.8. The van der Waals surface area contributed by atoms with E-state index in [2.05, 4.69) is 10.2 Å². The van der Waals surface area contributed by atoms with E-state index in [1.807, 2.05) is 0 Å². The van der Waals surface area contributed by atoms with Crippen LogP contribution in [-0.4, -0.2) is 18.5 Å². The van der Waals surface area contributed by atoms with Gasteiger partial charge in [0.25, 0.3) is 0 Å². The molecule has 0 aliphatic carbocycles. The van der Waals surface area contributed by atoms with Gasteiger partial charge in [0.1, 0.15) is 5.82 Å². The van der Waals surface area contributed by atoms with Gasteiger partial charge in [-0.15, -0.1) is 0 Å². The molecule has 0 aromatic heterocycles. The van der Waals surface area contributed by atoms with Crippen molar-refractivity contribution in [1.29, 1.82) is 0 Å². The van der Waals surface area contributed by atoms with Crippen LogP contribution >= 0.6 is 0 Å². The van der Waals surface area contributed by atoms with Crippen LogP contribution < -0.4 is 10.2 Å². The second-order valence-corrected chi connectivity index (χ2v) is 7.40. The van der Waals surface area contributed by atoms with E-state index >= 15 is 0 Å².